The maximum Gasteiger partial charge on any atom is 0.396 e. The van der Waals surface area contributed by atoms with E-state index in [1.165, 1.54) is 6.07 Å². The third kappa shape index (κ3) is 2.72. The molecule has 1 aliphatic heterocycles. The number of carbonyl (C=O) groups is 1. The molecular weight excluding hydrogens is 257 g/mol. The van der Waals surface area contributed by atoms with Gasteiger partial charge in [-0.15, -0.1) is 0 Å². The Hall–Kier alpha value is -1.23. The second kappa shape index (κ2) is 4.22. The number of carbonyl (C=O) groups excluding carboxylic acids is 1. The van der Waals surface area contributed by atoms with Crippen LogP contribution in [-0.2, 0) is 6.42 Å². The molecule has 6 heteroatoms. The van der Waals surface area contributed by atoms with Crippen molar-refractivity contribution in [2.24, 2.45) is 0 Å². The fourth-order valence-electron chi connectivity index (χ4n) is 1.75. The van der Waals surface area contributed by atoms with Crippen molar-refractivity contribution in [3.8, 4) is 5.75 Å². The van der Waals surface area contributed by atoms with Crippen LogP contribution >= 0.6 is 11.6 Å². The number of halogens is 4. The lowest BCUT2D eigenvalue weighted by Crippen LogP contribution is -2.15. The minimum atomic E-state index is -4.52. The highest BCUT2D eigenvalue weighted by Crippen LogP contribution is 2.35. The zero-order valence-corrected chi connectivity index (χ0v) is 9.36. The highest BCUT2D eigenvalue weighted by Gasteiger charge is 2.33. The Bertz CT molecular complexity index is 469. The quantitative estimate of drug-likeness (QED) is 0.765. The molecule has 0 spiro atoms. The standard InChI is InChI=1S/C11H8ClF3O2/c12-7-3-6-1-2-17-10(6)8(4-7)9(16)5-11(13,14)15/h3-4H,1-2,5H2. The molecule has 1 aliphatic rings. The third-order valence-corrected chi connectivity index (χ3v) is 2.63. The highest BCUT2D eigenvalue weighted by molar-refractivity contribution is 6.31. The Labute approximate surface area is 100 Å². The molecule has 0 radical (unpaired) electrons. The zero-order chi connectivity index (χ0) is 12.6. The van der Waals surface area contributed by atoms with Crippen molar-refractivity contribution in [1.82, 2.24) is 0 Å². The average molecular weight is 265 g/mol. The molecule has 1 aromatic rings. The second-order valence-electron chi connectivity index (χ2n) is 3.76. The summed E-state index contributed by atoms with van der Waals surface area (Å²) in [6.07, 6.45) is -5.46. The van der Waals surface area contributed by atoms with Gasteiger partial charge >= 0.3 is 6.18 Å². The number of benzene rings is 1. The highest BCUT2D eigenvalue weighted by atomic mass is 35.5. The first-order valence-electron chi connectivity index (χ1n) is 4.92. The van der Waals surface area contributed by atoms with Gasteiger partial charge in [0, 0.05) is 11.4 Å². The molecule has 0 bridgehead atoms. The van der Waals surface area contributed by atoms with Gasteiger partial charge in [-0.1, -0.05) is 11.6 Å². The molecule has 92 valence electrons. The Morgan fingerprint density at radius 3 is 2.76 bits per heavy atom. The molecule has 0 atom stereocenters. The first-order chi connectivity index (χ1) is 7.87. The van der Waals surface area contributed by atoms with Gasteiger partial charge in [-0.05, 0) is 17.7 Å². The van der Waals surface area contributed by atoms with Crippen molar-refractivity contribution in [3.63, 3.8) is 0 Å². The normalized spacial score (nSPS) is 14.4. The molecule has 0 saturated heterocycles. The van der Waals surface area contributed by atoms with Gasteiger partial charge in [-0.25, -0.2) is 0 Å². The van der Waals surface area contributed by atoms with Gasteiger partial charge in [-0.2, -0.15) is 13.2 Å². The monoisotopic (exact) mass is 264 g/mol. The van der Waals surface area contributed by atoms with E-state index in [1.807, 2.05) is 0 Å². The van der Waals surface area contributed by atoms with Gasteiger partial charge in [-0.3, -0.25) is 4.79 Å². The molecule has 0 saturated carbocycles. The number of Topliss-reactive ketones (excluding diaryl/α,β-unsaturated/α-hetero) is 1. The maximum atomic E-state index is 12.1. The predicted molar refractivity (Wildman–Crippen MR) is 55.7 cm³/mol. The van der Waals surface area contributed by atoms with E-state index in [-0.39, 0.29) is 16.3 Å². The summed E-state index contributed by atoms with van der Waals surface area (Å²) >= 11 is 5.75. The molecule has 1 heterocycles. The van der Waals surface area contributed by atoms with Gasteiger partial charge in [0.05, 0.1) is 12.2 Å². The van der Waals surface area contributed by atoms with Gasteiger partial charge in [0.1, 0.15) is 12.2 Å². The molecule has 0 fully saturated rings. The molecule has 0 amide bonds. The van der Waals surface area contributed by atoms with E-state index >= 15 is 0 Å². The Morgan fingerprint density at radius 2 is 2.12 bits per heavy atom. The van der Waals surface area contributed by atoms with Crippen molar-refractivity contribution < 1.29 is 22.7 Å². The van der Waals surface area contributed by atoms with Crippen LogP contribution in [0.4, 0.5) is 13.2 Å². The third-order valence-electron chi connectivity index (χ3n) is 2.41. The predicted octanol–water partition coefficient (Wildman–Crippen LogP) is 3.41. The topological polar surface area (TPSA) is 26.3 Å². The van der Waals surface area contributed by atoms with E-state index in [0.29, 0.717) is 18.6 Å². The number of ketones is 1. The Morgan fingerprint density at radius 1 is 1.41 bits per heavy atom. The molecule has 0 unspecified atom stereocenters. The molecule has 0 N–H and O–H groups in total. The second-order valence-corrected chi connectivity index (χ2v) is 4.19. The summed E-state index contributed by atoms with van der Waals surface area (Å²) in [6, 6.07) is 2.83. The average Bonchev–Trinajstić information content (AvgIpc) is 2.60. The SMILES string of the molecule is O=C(CC(F)(F)F)c1cc(Cl)cc2c1OCC2. The number of fused-ring (bicyclic) bond motifs is 1. The summed E-state index contributed by atoms with van der Waals surface area (Å²) in [5.74, 6) is -0.776. The summed E-state index contributed by atoms with van der Waals surface area (Å²) in [5.41, 5.74) is 0.602. The van der Waals surface area contributed by atoms with Crippen LogP contribution in [0.15, 0.2) is 12.1 Å². The molecule has 2 nitrogen and oxygen atoms in total. The van der Waals surface area contributed by atoms with Crippen LogP contribution in [0.25, 0.3) is 0 Å². The fraction of sp³-hybridized carbons (Fsp3) is 0.364. The summed E-state index contributed by atoms with van der Waals surface area (Å²) in [5, 5.41) is 0.250. The van der Waals surface area contributed by atoms with Crippen LogP contribution in [-0.4, -0.2) is 18.6 Å². The van der Waals surface area contributed by atoms with Crippen molar-refractivity contribution in [2.45, 2.75) is 19.0 Å². The molecule has 0 aromatic heterocycles. The van der Waals surface area contributed by atoms with E-state index < -0.39 is 18.4 Å². The maximum absolute atomic E-state index is 12.1. The van der Waals surface area contributed by atoms with E-state index in [2.05, 4.69) is 0 Å². The number of alkyl halides is 3. The smallest absolute Gasteiger partial charge is 0.396 e. The molecule has 2 rings (SSSR count). The lowest BCUT2D eigenvalue weighted by molar-refractivity contribution is -0.125. The first kappa shape index (κ1) is 12.2. The van der Waals surface area contributed by atoms with Gasteiger partial charge in [0.2, 0.25) is 0 Å². The summed E-state index contributed by atoms with van der Waals surface area (Å²) in [6.45, 7) is 0.363. The van der Waals surface area contributed by atoms with E-state index in [4.69, 9.17) is 16.3 Å². The molecule has 17 heavy (non-hydrogen) atoms. The zero-order valence-electron chi connectivity index (χ0n) is 8.60. The van der Waals surface area contributed by atoms with Crippen molar-refractivity contribution in [2.75, 3.05) is 6.61 Å². The largest absolute Gasteiger partial charge is 0.492 e. The van der Waals surface area contributed by atoms with Crippen LogP contribution in [0.5, 0.6) is 5.75 Å². The van der Waals surface area contributed by atoms with E-state index in [0.717, 1.165) is 0 Å². The number of ether oxygens (including phenoxy) is 1. The number of rotatable bonds is 2. The van der Waals surface area contributed by atoms with Crippen molar-refractivity contribution in [1.29, 1.82) is 0 Å². The Kier molecular flexibility index (Phi) is 3.03. The minimum absolute atomic E-state index is 0.0812. The first-order valence-corrected chi connectivity index (χ1v) is 5.30. The van der Waals surface area contributed by atoms with Crippen LogP contribution < -0.4 is 4.74 Å². The molecular formula is C11H8ClF3O2. The van der Waals surface area contributed by atoms with Crippen LogP contribution in [0.2, 0.25) is 5.02 Å². The number of hydrogen-bond acceptors (Lipinski definition) is 2. The van der Waals surface area contributed by atoms with Gasteiger partial charge < -0.3 is 4.74 Å². The Balaban J connectivity index is 2.36. The fourth-order valence-corrected chi connectivity index (χ4v) is 1.99. The molecule has 1 aromatic carbocycles. The van der Waals surface area contributed by atoms with Crippen molar-refractivity contribution >= 4 is 17.4 Å². The van der Waals surface area contributed by atoms with E-state index in [1.54, 1.807) is 6.07 Å². The van der Waals surface area contributed by atoms with Crippen molar-refractivity contribution in [3.05, 3.63) is 28.3 Å². The summed E-state index contributed by atoms with van der Waals surface area (Å²) < 4.78 is 41.6. The van der Waals surface area contributed by atoms with Crippen LogP contribution in [0, 0.1) is 0 Å². The van der Waals surface area contributed by atoms with Gasteiger partial charge in [0.15, 0.2) is 5.78 Å². The summed E-state index contributed by atoms with van der Waals surface area (Å²) in [7, 11) is 0. The van der Waals surface area contributed by atoms with Crippen LogP contribution in [0.3, 0.4) is 0 Å². The minimum Gasteiger partial charge on any atom is -0.492 e. The van der Waals surface area contributed by atoms with E-state index in [9.17, 15) is 18.0 Å². The van der Waals surface area contributed by atoms with Crippen LogP contribution in [0.1, 0.15) is 22.3 Å². The van der Waals surface area contributed by atoms with Gasteiger partial charge in [0.25, 0.3) is 0 Å². The summed E-state index contributed by atoms with van der Waals surface area (Å²) in [4.78, 5) is 11.5. The number of hydrogen-bond donors (Lipinski definition) is 0. The molecule has 0 aliphatic carbocycles. The lowest BCUT2D eigenvalue weighted by atomic mass is 10.0. The lowest BCUT2D eigenvalue weighted by Gasteiger charge is -2.09.